The maximum atomic E-state index is 13.9. The molecular formula is C22H17FN2O5. The number of aliphatic hydroxyl groups is 1. The number of furan rings is 1. The molecule has 7 nitrogen and oxygen atoms in total. The number of halogens is 1. The van der Waals surface area contributed by atoms with Gasteiger partial charge in [0.1, 0.15) is 29.1 Å². The van der Waals surface area contributed by atoms with E-state index in [0.29, 0.717) is 5.69 Å². The van der Waals surface area contributed by atoms with Crippen molar-refractivity contribution < 1.29 is 28.2 Å². The van der Waals surface area contributed by atoms with Crippen LogP contribution in [-0.4, -0.2) is 33.8 Å². The third kappa shape index (κ3) is 3.32. The van der Waals surface area contributed by atoms with E-state index < -0.39 is 29.3 Å². The van der Waals surface area contributed by atoms with Crippen molar-refractivity contribution in [1.82, 2.24) is 9.88 Å². The average molecular weight is 408 g/mol. The van der Waals surface area contributed by atoms with Crippen molar-refractivity contribution in [2.45, 2.75) is 12.6 Å². The average Bonchev–Trinajstić information content (AvgIpc) is 3.37. The number of Topliss-reactive ketones (excluding diaryl/α,β-unsaturated/α-hetero) is 1. The van der Waals surface area contributed by atoms with Crippen LogP contribution >= 0.6 is 0 Å². The molecule has 8 heteroatoms. The number of methoxy groups -OCH3 is 1. The van der Waals surface area contributed by atoms with Crippen LogP contribution in [0.4, 0.5) is 4.39 Å². The summed E-state index contributed by atoms with van der Waals surface area (Å²) in [6, 6.07) is 11.0. The first kappa shape index (κ1) is 19.4. The lowest BCUT2D eigenvalue weighted by molar-refractivity contribution is -0.140. The molecule has 3 aromatic rings. The molecule has 0 radical (unpaired) electrons. The van der Waals surface area contributed by atoms with E-state index in [2.05, 4.69) is 4.98 Å². The molecular weight excluding hydrogens is 391 g/mol. The Morgan fingerprint density at radius 2 is 2.07 bits per heavy atom. The van der Waals surface area contributed by atoms with Crippen LogP contribution < -0.4 is 4.74 Å². The van der Waals surface area contributed by atoms with Gasteiger partial charge in [0.25, 0.3) is 11.7 Å². The number of aromatic nitrogens is 1. The Labute approximate surface area is 171 Å². The van der Waals surface area contributed by atoms with E-state index in [-0.39, 0.29) is 29.2 Å². The molecule has 1 aromatic carbocycles. The fourth-order valence-electron chi connectivity index (χ4n) is 3.46. The van der Waals surface area contributed by atoms with Gasteiger partial charge < -0.3 is 19.2 Å². The molecule has 0 spiro atoms. The number of hydrogen-bond donors (Lipinski definition) is 1. The number of ether oxygens (including phenoxy) is 1. The van der Waals surface area contributed by atoms with Crippen molar-refractivity contribution in [3.05, 3.63) is 89.4 Å². The van der Waals surface area contributed by atoms with Gasteiger partial charge >= 0.3 is 0 Å². The van der Waals surface area contributed by atoms with E-state index in [1.165, 1.54) is 30.4 Å². The van der Waals surface area contributed by atoms with Gasteiger partial charge in [-0.2, -0.15) is 0 Å². The first-order valence-corrected chi connectivity index (χ1v) is 9.07. The van der Waals surface area contributed by atoms with Crippen LogP contribution in [0.2, 0.25) is 0 Å². The van der Waals surface area contributed by atoms with Crippen LogP contribution in [0.1, 0.15) is 23.1 Å². The Balaban J connectivity index is 1.88. The number of carbonyl (C=O) groups excluding carboxylic acids is 2. The summed E-state index contributed by atoms with van der Waals surface area (Å²) in [6.45, 7) is 0.0217. The number of ketones is 1. The summed E-state index contributed by atoms with van der Waals surface area (Å²) in [6.07, 6.45) is 2.98. The van der Waals surface area contributed by atoms with Crippen molar-refractivity contribution in [3.8, 4) is 5.75 Å². The smallest absolute Gasteiger partial charge is 0.296 e. The van der Waals surface area contributed by atoms with Gasteiger partial charge in [0.05, 0.1) is 36.7 Å². The zero-order chi connectivity index (χ0) is 21.3. The molecule has 1 atom stereocenters. The van der Waals surface area contributed by atoms with E-state index in [0.717, 1.165) is 6.07 Å². The Bertz CT molecular complexity index is 1130. The van der Waals surface area contributed by atoms with Gasteiger partial charge in [-0.1, -0.05) is 6.07 Å². The van der Waals surface area contributed by atoms with Gasteiger partial charge in [-0.25, -0.2) is 4.39 Å². The van der Waals surface area contributed by atoms with Gasteiger partial charge in [-0.15, -0.1) is 0 Å². The summed E-state index contributed by atoms with van der Waals surface area (Å²) in [5.74, 6) is -2.47. The van der Waals surface area contributed by atoms with Crippen LogP contribution in [0.15, 0.2) is 71.0 Å². The van der Waals surface area contributed by atoms with Gasteiger partial charge in [0.2, 0.25) is 0 Å². The normalized spacial score (nSPS) is 18.1. The molecule has 1 unspecified atom stereocenters. The third-order valence-electron chi connectivity index (χ3n) is 4.83. The van der Waals surface area contributed by atoms with Gasteiger partial charge in [-0.05, 0) is 42.5 Å². The number of hydrogen-bond acceptors (Lipinski definition) is 6. The fourth-order valence-corrected chi connectivity index (χ4v) is 3.46. The minimum absolute atomic E-state index is 0.0217. The molecule has 30 heavy (non-hydrogen) atoms. The number of benzene rings is 1. The Hall–Kier alpha value is -3.94. The Morgan fingerprint density at radius 3 is 2.73 bits per heavy atom. The van der Waals surface area contributed by atoms with Crippen LogP contribution in [0.5, 0.6) is 5.75 Å². The van der Waals surface area contributed by atoms with Crippen molar-refractivity contribution in [2.75, 3.05) is 7.11 Å². The molecule has 1 aliphatic rings. The molecule has 1 N–H and O–H groups in total. The molecule has 3 heterocycles. The number of pyridine rings is 1. The molecule has 2 aromatic heterocycles. The van der Waals surface area contributed by atoms with E-state index >= 15 is 0 Å². The quantitative estimate of drug-likeness (QED) is 0.395. The number of nitrogens with zero attached hydrogens (tertiary/aromatic N) is 2. The molecule has 1 amide bonds. The summed E-state index contributed by atoms with van der Waals surface area (Å²) in [5.41, 5.74) is 0.305. The van der Waals surface area contributed by atoms with E-state index in [1.54, 1.807) is 36.5 Å². The lowest BCUT2D eigenvalue weighted by Gasteiger charge is -2.23. The molecule has 4 rings (SSSR count). The highest BCUT2D eigenvalue weighted by Gasteiger charge is 2.47. The Morgan fingerprint density at radius 1 is 1.23 bits per heavy atom. The fraction of sp³-hybridized carbons (Fsp3) is 0.136. The zero-order valence-corrected chi connectivity index (χ0v) is 15.9. The molecule has 1 fully saturated rings. The number of rotatable bonds is 5. The molecule has 1 aliphatic heterocycles. The second kappa shape index (κ2) is 7.82. The van der Waals surface area contributed by atoms with Crippen molar-refractivity contribution in [3.63, 3.8) is 0 Å². The summed E-state index contributed by atoms with van der Waals surface area (Å²) >= 11 is 0. The first-order valence-electron chi connectivity index (χ1n) is 9.07. The maximum Gasteiger partial charge on any atom is 0.296 e. The second-order valence-corrected chi connectivity index (χ2v) is 6.61. The monoisotopic (exact) mass is 408 g/mol. The summed E-state index contributed by atoms with van der Waals surface area (Å²) in [5, 5.41) is 11.0. The van der Waals surface area contributed by atoms with Crippen LogP contribution in [0, 0.1) is 5.82 Å². The first-order chi connectivity index (χ1) is 14.5. The van der Waals surface area contributed by atoms with Crippen molar-refractivity contribution in [1.29, 1.82) is 0 Å². The highest BCUT2D eigenvalue weighted by Crippen LogP contribution is 2.41. The number of aliphatic hydroxyl groups excluding tert-OH is 1. The van der Waals surface area contributed by atoms with Crippen LogP contribution in [0.3, 0.4) is 0 Å². The largest absolute Gasteiger partial charge is 0.507 e. The molecule has 0 saturated carbocycles. The Kier molecular flexibility index (Phi) is 5.05. The van der Waals surface area contributed by atoms with Crippen LogP contribution in [-0.2, 0) is 16.1 Å². The van der Waals surface area contributed by atoms with Gasteiger partial charge in [0, 0.05) is 6.20 Å². The highest BCUT2D eigenvalue weighted by atomic mass is 19.1. The molecule has 1 saturated heterocycles. The number of amides is 1. The van der Waals surface area contributed by atoms with E-state index in [9.17, 15) is 19.1 Å². The minimum Gasteiger partial charge on any atom is -0.507 e. The third-order valence-corrected chi connectivity index (χ3v) is 4.83. The molecule has 152 valence electrons. The SMILES string of the molecule is COc1ccc(F)cc1/C(O)=C1/C(=O)C(=O)N(Cc2ccccn2)C1c1ccco1. The lowest BCUT2D eigenvalue weighted by Crippen LogP contribution is -2.29. The van der Waals surface area contributed by atoms with E-state index in [4.69, 9.17) is 9.15 Å². The van der Waals surface area contributed by atoms with Crippen molar-refractivity contribution in [2.24, 2.45) is 0 Å². The molecule has 0 aliphatic carbocycles. The second-order valence-electron chi connectivity index (χ2n) is 6.61. The highest BCUT2D eigenvalue weighted by molar-refractivity contribution is 6.46. The topological polar surface area (TPSA) is 92.9 Å². The molecule has 0 bridgehead atoms. The number of carbonyl (C=O) groups is 2. The predicted molar refractivity (Wildman–Crippen MR) is 104 cm³/mol. The van der Waals surface area contributed by atoms with Crippen molar-refractivity contribution >= 4 is 17.4 Å². The summed E-state index contributed by atoms with van der Waals surface area (Å²) in [7, 11) is 1.35. The minimum atomic E-state index is -1.00. The standard InChI is InChI=1S/C22H17FN2O5/c1-29-16-8-7-13(23)11-15(16)20(26)18-19(17-6-4-10-30-17)25(22(28)21(18)27)12-14-5-2-3-9-24-14/h2-11,19,26H,12H2,1H3/b20-18-. The number of likely N-dealkylation sites (tertiary alicyclic amines) is 1. The van der Waals surface area contributed by atoms with E-state index in [1.807, 2.05) is 0 Å². The maximum absolute atomic E-state index is 13.9. The van der Waals surface area contributed by atoms with Crippen LogP contribution in [0.25, 0.3) is 5.76 Å². The summed E-state index contributed by atoms with van der Waals surface area (Å²) < 4.78 is 24.5. The zero-order valence-electron chi connectivity index (χ0n) is 15.9. The van der Waals surface area contributed by atoms with Gasteiger partial charge in [0.15, 0.2) is 0 Å². The predicted octanol–water partition coefficient (Wildman–Crippen LogP) is 3.44. The summed E-state index contributed by atoms with van der Waals surface area (Å²) in [4.78, 5) is 31.2. The lowest BCUT2D eigenvalue weighted by atomic mass is 9.98. The van der Waals surface area contributed by atoms with Gasteiger partial charge in [-0.3, -0.25) is 14.6 Å².